The number of nitrogens with zero attached hydrogens (tertiary/aromatic N) is 1. The zero-order valence-electron chi connectivity index (χ0n) is 15.1. The van der Waals surface area contributed by atoms with Gasteiger partial charge in [0.2, 0.25) is 0 Å². The van der Waals surface area contributed by atoms with Crippen molar-refractivity contribution in [2.24, 2.45) is 0 Å². The maximum Gasteiger partial charge on any atom is 0.107 e. The monoisotopic (exact) mass is 367 g/mol. The fraction of sp³-hybridized carbons (Fsp3) is 0.737. The smallest absolute Gasteiger partial charge is 0.107 e. The fourth-order valence-corrected chi connectivity index (χ4v) is 3.22. The van der Waals surface area contributed by atoms with Crippen LogP contribution in [0.4, 0.5) is 0 Å². The van der Waals surface area contributed by atoms with Gasteiger partial charge in [-0.3, -0.25) is 4.98 Å². The molecule has 0 bridgehead atoms. The fourth-order valence-electron chi connectivity index (χ4n) is 3.22. The van der Waals surface area contributed by atoms with Crippen molar-refractivity contribution in [1.29, 1.82) is 0 Å². The number of aliphatic hydroxyl groups is 2. The van der Waals surface area contributed by atoms with E-state index in [-0.39, 0.29) is 12.2 Å². The Bertz CT molecular complexity index is 499. The van der Waals surface area contributed by atoms with E-state index in [2.05, 4.69) is 4.98 Å². The SMILES string of the molecule is O[C@@H]1CCCO[C@@H]1COCc1cccc(COC[C@H]2OCCC[C@H]2O)n1. The van der Waals surface area contributed by atoms with Gasteiger partial charge in [0.15, 0.2) is 0 Å². The van der Waals surface area contributed by atoms with Gasteiger partial charge in [-0.2, -0.15) is 0 Å². The third-order valence-electron chi connectivity index (χ3n) is 4.74. The molecule has 2 fully saturated rings. The van der Waals surface area contributed by atoms with Gasteiger partial charge in [-0.15, -0.1) is 0 Å². The highest BCUT2D eigenvalue weighted by atomic mass is 16.5. The molecule has 146 valence electrons. The predicted molar refractivity (Wildman–Crippen MR) is 93.5 cm³/mol. The van der Waals surface area contributed by atoms with Crippen LogP contribution in [-0.2, 0) is 32.2 Å². The Kier molecular flexibility index (Phi) is 7.79. The van der Waals surface area contributed by atoms with Crippen LogP contribution in [0.15, 0.2) is 18.2 Å². The van der Waals surface area contributed by atoms with Crippen LogP contribution in [0.25, 0.3) is 0 Å². The zero-order valence-corrected chi connectivity index (χ0v) is 15.1. The molecule has 1 aromatic heterocycles. The van der Waals surface area contributed by atoms with E-state index in [1.54, 1.807) is 0 Å². The van der Waals surface area contributed by atoms with Crippen molar-refractivity contribution >= 4 is 0 Å². The topological polar surface area (TPSA) is 90.3 Å². The summed E-state index contributed by atoms with van der Waals surface area (Å²) in [5, 5.41) is 19.7. The van der Waals surface area contributed by atoms with Crippen LogP contribution in [-0.4, -0.2) is 66.0 Å². The summed E-state index contributed by atoms with van der Waals surface area (Å²) in [6, 6.07) is 5.72. The number of aliphatic hydroxyl groups excluding tert-OH is 2. The van der Waals surface area contributed by atoms with Crippen molar-refractivity contribution < 1.29 is 29.2 Å². The maximum absolute atomic E-state index is 9.87. The van der Waals surface area contributed by atoms with Gasteiger partial charge in [-0.1, -0.05) is 6.07 Å². The molecule has 0 amide bonds. The highest BCUT2D eigenvalue weighted by Gasteiger charge is 2.24. The van der Waals surface area contributed by atoms with Gasteiger partial charge in [0.1, 0.15) is 12.2 Å². The summed E-state index contributed by atoms with van der Waals surface area (Å²) in [6.45, 7) is 2.81. The van der Waals surface area contributed by atoms with E-state index in [0.717, 1.165) is 37.1 Å². The van der Waals surface area contributed by atoms with E-state index in [1.807, 2.05) is 18.2 Å². The lowest BCUT2D eigenvalue weighted by molar-refractivity contribution is -0.110. The number of hydrogen-bond acceptors (Lipinski definition) is 7. The summed E-state index contributed by atoms with van der Waals surface area (Å²) >= 11 is 0. The molecule has 2 N–H and O–H groups in total. The average Bonchev–Trinajstić information content (AvgIpc) is 2.65. The van der Waals surface area contributed by atoms with Gasteiger partial charge < -0.3 is 29.2 Å². The van der Waals surface area contributed by atoms with Crippen molar-refractivity contribution in [2.45, 2.75) is 63.3 Å². The third kappa shape index (κ3) is 5.97. The highest BCUT2D eigenvalue weighted by Crippen LogP contribution is 2.16. The molecule has 1 aromatic rings. The van der Waals surface area contributed by atoms with E-state index in [9.17, 15) is 10.2 Å². The summed E-state index contributed by atoms with van der Waals surface area (Å²) in [4.78, 5) is 4.52. The van der Waals surface area contributed by atoms with Gasteiger partial charge in [-0.05, 0) is 37.8 Å². The van der Waals surface area contributed by atoms with Gasteiger partial charge >= 0.3 is 0 Å². The zero-order chi connectivity index (χ0) is 18.2. The molecule has 0 spiro atoms. The lowest BCUT2D eigenvalue weighted by Crippen LogP contribution is -2.37. The van der Waals surface area contributed by atoms with Crippen LogP contribution in [0.3, 0.4) is 0 Å². The molecule has 0 saturated carbocycles. The van der Waals surface area contributed by atoms with Crippen LogP contribution in [0.2, 0.25) is 0 Å². The third-order valence-corrected chi connectivity index (χ3v) is 4.74. The van der Waals surface area contributed by atoms with Crippen molar-refractivity contribution in [3.05, 3.63) is 29.6 Å². The lowest BCUT2D eigenvalue weighted by Gasteiger charge is -2.27. The molecule has 0 aromatic carbocycles. The molecule has 0 unspecified atom stereocenters. The molecule has 7 nitrogen and oxygen atoms in total. The molecule has 0 radical (unpaired) electrons. The summed E-state index contributed by atoms with van der Waals surface area (Å²) in [5.41, 5.74) is 1.62. The largest absolute Gasteiger partial charge is 0.390 e. The second-order valence-corrected chi connectivity index (χ2v) is 6.89. The quantitative estimate of drug-likeness (QED) is 0.713. The molecule has 2 saturated heterocycles. The molecule has 3 heterocycles. The first-order chi connectivity index (χ1) is 12.7. The van der Waals surface area contributed by atoms with Crippen molar-refractivity contribution in [3.63, 3.8) is 0 Å². The molecule has 7 heteroatoms. The molecular weight excluding hydrogens is 338 g/mol. The Hall–Kier alpha value is -1.09. The van der Waals surface area contributed by atoms with Crippen molar-refractivity contribution in [2.75, 3.05) is 26.4 Å². The maximum atomic E-state index is 9.87. The minimum atomic E-state index is -0.450. The minimum Gasteiger partial charge on any atom is -0.390 e. The standard InChI is InChI=1S/C19H29NO6/c21-16-6-2-8-25-18(16)12-23-10-14-4-1-5-15(20-14)11-24-13-19-17(22)7-3-9-26-19/h1,4-5,16-19,21-22H,2-3,6-13H2/t16-,17-,18-,19-/m1/s1. The van der Waals surface area contributed by atoms with Crippen molar-refractivity contribution in [3.8, 4) is 0 Å². The normalized spacial score (nSPS) is 29.6. The Morgan fingerprint density at radius 3 is 1.85 bits per heavy atom. The summed E-state index contributed by atoms with van der Waals surface area (Å²) in [6.07, 6.45) is 1.91. The molecule has 0 aliphatic carbocycles. The molecule has 26 heavy (non-hydrogen) atoms. The van der Waals surface area contributed by atoms with Gasteiger partial charge in [0.25, 0.3) is 0 Å². The van der Waals surface area contributed by atoms with E-state index in [0.29, 0.717) is 39.6 Å². The molecule has 2 aliphatic rings. The predicted octanol–water partition coefficient (Wildman–Crippen LogP) is 1.19. The molecule has 3 rings (SSSR count). The Labute approximate surface area is 154 Å². The summed E-state index contributed by atoms with van der Waals surface area (Å²) < 4.78 is 22.4. The first kappa shape index (κ1) is 19.7. The summed E-state index contributed by atoms with van der Waals surface area (Å²) in [5.74, 6) is 0. The van der Waals surface area contributed by atoms with Crippen LogP contribution >= 0.6 is 0 Å². The molecule has 4 atom stereocenters. The number of ether oxygens (including phenoxy) is 4. The Morgan fingerprint density at radius 1 is 0.885 bits per heavy atom. The van der Waals surface area contributed by atoms with Crippen LogP contribution in [0.1, 0.15) is 37.1 Å². The van der Waals surface area contributed by atoms with Gasteiger partial charge in [-0.25, -0.2) is 0 Å². The number of rotatable bonds is 8. The summed E-state index contributed by atoms with van der Waals surface area (Å²) in [7, 11) is 0. The van der Waals surface area contributed by atoms with E-state index in [4.69, 9.17) is 18.9 Å². The Balaban J connectivity index is 1.38. The number of pyridine rings is 1. The van der Waals surface area contributed by atoms with E-state index >= 15 is 0 Å². The minimum absolute atomic E-state index is 0.253. The van der Waals surface area contributed by atoms with Crippen LogP contribution in [0, 0.1) is 0 Å². The highest BCUT2D eigenvalue weighted by molar-refractivity contribution is 5.10. The Morgan fingerprint density at radius 2 is 1.38 bits per heavy atom. The van der Waals surface area contributed by atoms with Crippen LogP contribution in [0.5, 0.6) is 0 Å². The first-order valence-corrected chi connectivity index (χ1v) is 9.42. The van der Waals surface area contributed by atoms with E-state index < -0.39 is 12.2 Å². The first-order valence-electron chi connectivity index (χ1n) is 9.42. The molecular formula is C19H29NO6. The number of aromatic nitrogens is 1. The van der Waals surface area contributed by atoms with Gasteiger partial charge in [0, 0.05) is 13.2 Å². The average molecular weight is 367 g/mol. The second kappa shape index (κ2) is 10.3. The van der Waals surface area contributed by atoms with Crippen LogP contribution < -0.4 is 0 Å². The van der Waals surface area contributed by atoms with Crippen molar-refractivity contribution in [1.82, 2.24) is 4.98 Å². The lowest BCUT2D eigenvalue weighted by atomic mass is 10.1. The number of hydrogen-bond donors (Lipinski definition) is 2. The van der Waals surface area contributed by atoms with E-state index in [1.165, 1.54) is 0 Å². The van der Waals surface area contributed by atoms with Gasteiger partial charge in [0.05, 0.1) is 50.0 Å². The molecule has 2 aliphatic heterocycles. The second-order valence-electron chi connectivity index (χ2n) is 6.89.